The van der Waals surface area contributed by atoms with Gasteiger partial charge in [0.05, 0.1) is 5.69 Å². The van der Waals surface area contributed by atoms with Crippen molar-refractivity contribution < 1.29 is 4.39 Å². The quantitative estimate of drug-likeness (QED) is 0.665. The van der Waals surface area contributed by atoms with E-state index in [1.165, 1.54) is 17.7 Å². The summed E-state index contributed by atoms with van der Waals surface area (Å²) < 4.78 is 13.1. The highest BCUT2D eigenvalue weighted by Gasteiger charge is 2.10. The predicted octanol–water partition coefficient (Wildman–Crippen LogP) is 4.80. The van der Waals surface area contributed by atoms with Gasteiger partial charge in [-0.3, -0.25) is 0 Å². The van der Waals surface area contributed by atoms with Gasteiger partial charge >= 0.3 is 0 Å². The fourth-order valence-electron chi connectivity index (χ4n) is 2.81. The summed E-state index contributed by atoms with van der Waals surface area (Å²) in [4.78, 5) is 11.5. The minimum absolute atomic E-state index is 0.266. The molecule has 26 heavy (non-hydrogen) atoms. The van der Waals surface area contributed by atoms with Gasteiger partial charge in [-0.2, -0.15) is 4.98 Å². The molecule has 0 fully saturated rings. The van der Waals surface area contributed by atoms with Gasteiger partial charge in [0.1, 0.15) is 11.6 Å². The molecule has 1 heterocycles. The summed E-state index contributed by atoms with van der Waals surface area (Å²) in [5.41, 5.74) is 2.90. The van der Waals surface area contributed by atoms with Crippen LogP contribution in [0.25, 0.3) is 0 Å². The minimum atomic E-state index is -0.266. The van der Waals surface area contributed by atoms with E-state index in [9.17, 15) is 4.39 Å². The van der Waals surface area contributed by atoms with Crippen LogP contribution in [0.2, 0.25) is 0 Å². The van der Waals surface area contributed by atoms with Gasteiger partial charge in [0.25, 0.3) is 0 Å². The van der Waals surface area contributed by atoms with Gasteiger partial charge in [-0.05, 0) is 43.7 Å². The smallest absolute Gasteiger partial charge is 0.229 e. The van der Waals surface area contributed by atoms with Crippen LogP contribution in [0.15, 0.2) is 60.7 Å². The number of hydrogen-bond donors (Lipinski definition) is 1. The normalized spacial score (nSPS) is 10.6. The number of hydrogen-bond acceptors (Lipinski definition) is 4. The zero-order valence-corrected chi connectivity index (χ0v) is 15.1. The number of nitrogens with zero attached hydrogens (tertiary/aromatic N) is 3. The highest BCUT2D eigenvalue weighted by Crippen LogP contribution is 2.20. The zero-order valence-electron chi connectivity index (χ0n) is 15.1. The third-order valence-corrected chi connectivity index (χ3v) is 4.18. The van der Waals surface area contributed by atoms with E-state index in [1.807, 2.05) is 24.3 Å². The molecule has 0 radical (unpaired) electrons. The molecule has 0 aliphatic rings. The van der Waals surface area contributed by atoms with Crippen molar-refractivity contribution in [2.75, 3.05) is 23.3 Å². The molecule has 3 rings (SSSR count). The molecule has 5 heteroatoms. The molecule has 1 N–H and O–H groups in total. The molecule has 0 saturated heterocycles. The van der Waals surface area contributed by atoms with E-state index in [2.05, 4.69) is 46.2 Å². The van der Waals surface area contributed by atoms with Crippen LogP contribution in [0.3, 0.4) is 0 Å². The first-order valence-corrected chi connectivity index (χ1v) is 8.87. The Labute approximate surface area is 153 Å². The molecule has 0 bridgehead atoms. The highest BCUT2D eigenvalue weighted by atomic mass is 19.1. The van der Waals surface area contributed by atoms with Crippen molar-refractivity contribution in [3.05, 3.63) is 77.7 Å². The third-order valence-electron chi connectivity index (χ3n) is 4.18. The van der Waals surface area contributed by atoms with Gasteiger partial charge in [-0.1, -0.05) is 30.3 Å². The maximum atomic E-state index is 13.1. The second kappa shape index (κ2) is 8.43. The monoisotopic (exact) mass is 350 g/mol. The lowest BCUT2D eigenvalue weighted by atomic mass is 10.1. The van der Waals surface area contributed by atoms with Crippen LogP contribution in [0.1, 0.15) is 25.1 Å². The van der Waals surface area contributed by atoms with Gasteiger partial charge in [-0.15, -0.1) is 0 Å². The molecule has 0 unspecified atom stereocenters. The van der Waals surface area contributed by atoms with Crippen LogP contribution in [-0.2, 0) is 6.42 Å². The molecule has 0 aliphatic carbocycles. The van der Waals surface area contributed by atoms with Gasteiger partial charge in [0.2, 0.25) is 5.95 Å². The van der Waals surface area contributed by atoms with Gasteiger partial charge < -0.3 is 10.2 Å². The van der Waals surface area contributed by atoms with Crippen LogP contribution in [0.5, 0.6) is 0 Å². The first kappa shape index (κ1) is 17.9. The number of nitrogens with one attached hydrogen (secondary N) is 1. The molecule has 0 aliphatic heterocycles. The minimum Gasteiger partial charge on any atom is -0.357 e. The Kier molecular flexibility index (Phi) is 5.79. The maximum Gasteiger partial charge on any atom is 0.229 e. The highest BCUT2D eigenvalue weighted by molar-refractivity contribution is 5.55. The van der Waals surface area contributed by atoms with E-state index < -0.39 is 0 Å². The van der Waals surface area contributed by atoms with Crippen molar-refractivity contribution in [2.45, 2.75) is 20.3 Å². The lowest BCUT2D eigenvalue weighted by Gasteiger charge is -2.21. The number of rotatable bonds is 7. The van der Waals surface area contributed by atoms with Crippen molar-refractivity contribution in [1.82, 2.24) is 9.97 Å². The number of anilines is 3. The number of benzene rings is 2. The van der Waals surface area contributed by atoms with E-state index in [0.717, 1.165) is 36.7 Å². The van der Waals surface area contributed by atoms with Crippen LogP contribution in [-0.4, -0.2) is 23.1 Å². The number of halogens is 1. The number of aromatic nitrogens is 2. The standard InChI is InChI=1S/C21H23FN4/c1-3-26(4-2)20-15-19(14-16-8-6-5-7-9-16)24-21(25-20)23-18-12-10-17(22)11-13-18/h5-13,15H,3-4,14H2,1-2H3,(H,23,24,25). The van der Waals surface area contributed by atoms with Crippen molar-refractivity contribution in [3.63, 3.8) is 0 Å². The fraction of sp³-hybridized carbons (Fsp3) is 0.238. The van der Waals surface area contributed by atoms with Crippen LogP contribution in [0, 0.1) is 5.82 Å². The lowest BCUT2D eigenvalue weighted by molar-refractivity contribution is 0.628. The van der Waals surface area contributed by atoms with Crippen LogP contribution in [0.4, 0.5) is 21.8 Å². The molecule has 1 aromatic heterocycles. The topological polar surface area (TPSA) is 41.1 Å². The molecular formula is C21H23FN4. The Morgan fingerprint density at radius 1 is 0.923 bits per heavy atom. The summed E-state index contributed by atoms with van der Waals surface area (Å²) >= 11 is 0. The van der Waals surface area contributed by atoms with E-state index >= 15 is 0 Å². The van der Waals surface area contributed by atoms with Crippen molar-refractivity contribution in [2.24, 2.45) is 0 Å². The molecule has 4 nitrogen and oxygen atoms in total. The van der Waals surface area contributed by atoms with E-state index in [-0.39, 0.29) is 5.82 Å². The molecule has 0 atom stereocenters. The average Bonchev–Trinajstić information content (AvgIpc) is 2.65. The van der Waals surface area contributed by atoms with Crippen molar-refractivity contribution >= 4 is 17.5 Å². The fourth-order valence-corrected chi connectivity index (χ4v) is 2.81. The van der Waals surface area contributed by atoms with Crippen LogP contribution >= 0.6 is 0 Å². The second-order valence-corrected chi connectivity index (χ2v) is 6.01. The lowest BCUT2D eigenvalue weighted by Crippen LogP contribution is -2.23. The summed E-state index contributed by atoms with van der Waals surface area (Å²) in [6, 6.07) is 18.5. The molecule has 0 amide bonds. The largest absolute Gasteiger partial charge is 0.357 e. The summed E-state index contributed by atoms with van der Waals surface area (Å²) in [7, 11) is 0. The first-order valence-electron chi connectivity index (χ1n) is 8.87. The molecule has 0 saturated carbocycles. The Balaban J connectivity index is 1.92. The summed E-state index contributed by atoms with van der Waals surface area (Å²) in [6.45, 7) is 5.95. The maximum absolute atomic E-state index is 13.1. The van der Waals surface area contributed by atoms with Gasteiger partial charge in [-0.25, -0.2) is 9.37 Å². The SMILES string of the molecule is CCN(CC)c1cc(Cc2ccccc2)nc(Nc2ccc(F)cc2)n1. The molecule has 0 spiro atoms. The predicted molar refractivity (Wildman–Crippen MR) is 105 cm³/mol. The van der Waals surface area contributed by atoms with E-state index in [0.29, 0.717) is 5.95 Å². The second-order valence-electron chi connectivity index (χ2n) is 6.01. The summed E-state index contributed by atoms with van der Waals surface area (Å²) in [6.07, 6.45) is 0.732. The van der Waals surface area contributed by atoms with Crippen molar-refractivity contribution in [3.8, 4) is 0 Å². The Hall–Kier alpha value is -2.95. The Morgan fingerprint density at radius 3 is 2.27 bits per heavy atom. The average molecular weight is 350 g/mol. The Morgan fingerprint density at radius 2 is 1.62 bits per heavy atom. The molecular weight excluding hydrogens is 327 g/mol. The summed E-state index contributed by atoms with van der Waals surface area (Å²) in [5.74, 6) is 1.14. The van der Waals surface area contributed by atoms with E-state index in [1.54, 1.807) is 12.1 Å². The summed E-state index contributed by atoms with van der Waals surface area (Å²) in [5, 5.41) is 3.19. The van der Waals surface area contributed by atoms with Crippen molar-refractivity contribution in [1.29, 1.82) is 0 Å². The van der Waals surface area contributed by atoms with Crippen LogP contribution < -0.4 is 10.2 Å². The Bertz CT molecular complexity index is 830. The third kappa shape index (κ3) is 4.57. The molecule has 2 aromatic carbocycles. The van der Waals surface area contributed by atoms with E-state index in [4.69, 9.17) is 0 Å². The zero-order chi connectivity index (χ0) is 18.4. The molecule has 3 aromatic rings. The first-order chi connectivity index (χ1) is 12.7. The van der Waals surface area contributed by atoms with Gasteiger partial charge in [0, 0.05) is 31.3 Å². The molecule has 134 valence electrons. The van der Waals surface area contributed by atoms with Gasteiger partial charge in [0.15, 0.2) is 0 Å².